The van der Waals surface area contributed by atoms with Crippen molar-refractivity contribution in [2.45, 2.75) is 13.8 Å². The molecule has 1 aliphatic carbocycles. The smallest absolute Gasteiger partial charge is 0.180 e. The largest absolute Gasteiger partial charge is 0.506 e. The predicted molar refractivity (Wildman–Crippen MR) is 137 cm³/mol. The molecular weight excluding hydrogens is 457 g/mol. The fourth-order valence-electron chi connectivity index (χ4n) is 3.31. The molecule has 1 aliphatic rings. The third kappa shape index (κ3) is 5.28. The number of aromatic hydroxyl groups is 1. The van der Waals surface area contributed by atoms with E-state index in [0.717, 1.165) is 16.8 Å². The fraction of sp³-hybridized carbons (Fsp3) is 0.0769. The van der Waals surface area contributed by atoms with Crippen molar-refractivity contribution < 1.29 is 9.90 Å². The van der Waals surface area contributed by atoms with Gasteiger partial charge in [0, 0.05) is 17.8 Å². The van der Waals surface area contributed by atoms with Crippen LogP contribution in [-0.2, 0) is 4.79 Å². The Morgan fingerprint density at radius 1 is 0.848 bits per heavy atom. The molecule has 4 rings (SSSR count). The number of allylic oxidation sites excluding steroid dienone is 4. The number of rotatable bonds is 5. The number of para-hydroxylation sites is 1. The number of aliphatic imine (C=N–C) groups is 1. The monoisotopic (exact) mass is 477 g/mol. The molecular formula is C26H21Cl2N3O2. The molecule has 33 heavy (non-hydrogen) atoms. The van der Waals surface area contributed by atoms with Crippen LogP contribution in [0.15, 0.2) is 82.9 Å². The van der Waals surface area contributed by atoms with Gasteiger partial charge in [-0.05, 0) is 61.4 Å². The highest BCUT2D eigenvalue weighted by Gasteiger charge is 2.15. The quantitative estimate of drug-likeness (QED) is 0.263. The first-order valence-electron chi connectivity index (χ1n) is 10.2. The van der Waals surface area contributed by atoms with Crippen LogP contribution in [0.4, 0.5) is 28.4 Å². The minimum absolute atomic E-state index is 0.0473. The topological polar surface area (TPSA) is 73.7 Å². The van der Waals surface area contributed by atoms with Crippen LogP contribution in [0.3, 0.4) is 0 Å². The Labute approximate surface area is 202 Å². The second-order valence-electron chi connectivity index (χ2n) is 7.66. The maximum atomic E-state index is 11.5. The van der Waals surface area contributed by atoms with Gasteiger partial charge in [-0.25, -0.2) is 4.99 Å². The first kappa shape index (κ1) is 22.6. The van der Waals surface area contributed by atoms with Gasteiger partial charge in [0.25, 0.3) is 0 Å². The Balaban J connectivity index is 1.80. The van der Waals surface area contributed by atoms with Crippen molar-refractivity contribution in [2.75, 3.05) is 10.6 Å². The number of hydrogen-bond acceptors (Lipinski definition) is 5. The molecule has 0 heterocycles. The minimum atomic E-state index is -0.211. The number of aryl methyl sites for hydroxylation is 2. The average molecular weight is 478 g/mol. The molecule has 0 amide bonds. The molecule has 0 saturated carbocycles. The predicted octanol–water partition coefficient (Wildman–Crippen LogP) is 7.48. The lowest BCUT2D eigenvalue weighted by molar-refractivity contribution is -0.110. The van der Waals surface area contributed by atoms with E-state index >= 15 is 0 Å². The Bertz CT molecular complexity index is 1340. The van der Waals surface area contributed by atoms with Crippen LogP contribution >= 0.6 is 23.2 Å². The molecule has 0 aliphatic heterocycles. The molecule has 0 saturated heterocycles. The van der Waals surface area contributed by atoms with E-state index in [-0.39, 0.29) is 22.3 Å². The van der Waals surface area contributed by atoms with Crippen LogP contribution in [0.1, 0.15) is 11.1 Å². The third-order valence-corrected chi connectivity index (χ3v) is 5.70. The number of benzene rings is 3. The van der Waals surface area contributed by atoms with Crippen molar-refractivity contribution in [3.05, 3.63) is 94.0 Å². The Morgan fingerprint density at radius 3 is 2.30 bits per heavy atom. The van der Waals surface area contributed by atoms with E-state index in [4.69, 9.17) is 23.2 Å². The normalized spacial score (nSPS) is 14.4. The number of nitrogens with one attached hydrogen (secondary N) is 2. The number of carbonyl (C=O) groups is 1. The lowest BCUT2D eigenvalue weighted by Gasteiger charge is -2.18. The minimum Gasteiger partial charge on any atom is -0.506 e. The van der Waals surface area contributed by atoms with Gasteiger partial charge in [-0.2, -0.15) is 0 Å². The van der Waals surface area contributed by atoms with Gasteiger partial charge in [0.1, 0.15) is 11.4 Å². The summed E-state index contributed by atoms with van der Waals surface area (Å²) in [5.41, 5.74) is 5.66. The van der Waals surface area contributed by atoms with E-state index in [0.29, 0.717) is 27.8 Å². The zero-order chi connectivity index (χ0) is 23.5. The summed E-state index contributed by atoms with van der Waals surface area (Å²) in [7, 11) is 0. The van der Waals surface area contributed by atoms with Gasteiger partial charge in [-0.15, -0.1) is 0 Å². The van der Waals surface area contributed by atoms with E-state index in [2.05, 4.69) is 15.6 Å². The van der Waals surface area contributed by atoms with Gasteiger partial charge in [-0.3, -0.25) is 4.79 Å². The van der Waals surface area contributed by atoms with Crippen molar-refractivity contribution >= 4 is 63.1 Å². The molecule has 0 fully saturated rings. The molecule has 7 heteroatoms. The zero-order valence-corrected chi connectivity index (χ0v) is 19.5. The molecule has 0 aromatic heterocycles. The summed E-state index contributed by atoms with van der Waals surface area (Å²) in [6.45, 7) is 3.97. The number of halogens is 2. The maximum absolute atomic E-state index is 11.5. The van der Waals surface area contributed by atoms with E-state index in [9.17, 15) is 9.90 Å². The molecule has 3 N–H and O–H groups in total. The summed E-state index contributed by atoms with van der Waals surface area (Å²) in [5, 5.41) is 18.2. The van der Waals surface area contributed by atoms with Crippen LogP contribution in [0.2, 0.25) is 5.02 Å². The molecule has 3 aromatic rings. The van der Waals surface area contributed by atoms with Crippen molar-refractivity contribution in [1.29, 1.82) is 0 Å². The summed E-state index contributed by atoms with van der Waals surface area (Å²) in [6.07, 6.45) is 4.19. The van der Waals surface area contributed by atoms with Gasteiger partial charge in [0.15, 0.2) is 5.78 Å². The first-order valence-corrected chi connectivity index (χ1v) is 11.0. The van der Waals surface area contributed by atoms with Gasteiger partial charge < -0.3 is 15.7 Å². The highest BCUT2D eigenvalue weighted by molar-refractivity contribution is 6.48. The second kappa shape index (κ2) is 9.53. The van der Waals surface area contributed by atoms with Gasteiger partial charge >= 0.3 is 0 Å². The van der Waals surface area contributed by atoms with E-state index in [1.807, 2.05) is 56.3 Å². The van der Waals surface area contributed by atoms with Crippen LogP contribution in [0.25, 0.3) is 0 Å². The van der Waals surface area contributed by atoms with Gasteiger partial charge in [-0.1, -0.05) is 47.5 Å². The van der Waals surface area contributed by atoms with Crippen molar-refractivity contribution in [3.63, 3.8) is 0 Å². The molecule has 0 atom stereocenters. The van der Waals surface area contributed by atoms with Crippen molar-refractivity contribution in [3.8, 4) is 5.75 Å². The molecule has 0 unspecified atom stereocenters. The standard InChI is InChI=1S/C26H21Cl2N3O2/c1-15-7-9-21(18(27)11-15)30-23-13-25(31-22-10-8-17(32)12-19(22)28)26(33)14-24(23)29-20-6-4-3-5-16(20)2/h3-14,29-30,33H,1-2H3. The number of phenols is 1. The number of hydrogen-bond donors (Lipinski definition) is 3. The van der Waals surface area contributed by atoms with Crippen LogP contribution < -0.4 is 10.6 Å². The van der Waals surface area contributed by atoms with Crippen LogP contribution in [0, 0.1) is 13.8 Å². The SMILES string of the molecule is Cc1ccc(Nc2cc(N=C3C=CC(=O)C=C3Cl)c(O)cc2Nc2ccccc2C)c(Cl)c1. The molecule has 5 nitrogen and oxygen atoms in total. The summed E-state index contributed by atoms with van der Waals surface area (Å²) >= 11 is 12.6. The summed E-state index contributed by atoms with van der Waals surface area (Å²) in [5.74, 6) is -0.258. The van der Waals surface area contributed by atoms with Gasteiger partial charge in [0.2, 0.25) is 0 Å². The number of phenolic OH excluding ortho intramolecular Hbond substituents is 1. The lowest BCUT2D eigenvalue weighted by atomic mass is 10.1. The van der Waals surface area contributed by atoms with Crippen LogP contribution in [0.5, 0.6) is 5.75 Å². The third-order valence-electron chi connectivity index (χ3n) is 5.08. The molecule has 0 spiro atoms. The summed E-state index contributed by atoms with van der Waals surface area (Å²) < 4.78 is 0. The number of nitrogens with zero attached hydrogens (tertiary/aromatic N) is 1. The van der Waals surface area contributed by atoms with E-state index in [1.54, 1.807) is 12.1 Å². The molecule has 3 aromatic carbocycles. The maximum Gasteiger partial charge on any atom is 0.180 e. The first-order chi connectivity index (χ1) is 15.8. The Hall–Kier alpha value is -3.54. The highest BCUT2D eigenvalue weighted by atomic mass is 35.5. The molecule has 0 radical (unpaired) electrons. The van der Waals surface area contributed by atoms with Crippen LogP contribution in [-0.4, -0.2) is 16.6 Å². The summed E-state index contributed by atoms with van der Waals surface area (Å²) in [6, 6.07) is 16.9. The van der Waals surface area contributed by atoms with E-state index in [1.165, 1.54) is 18.2 Å². The Morgan fingerprint density at radius 2 is 1.58 bits per heavy atom. The second-order valence-corrected chi connectivity index (χ2v) is 8.47. The van der Waals surface area contributed by atoms with Crippen molar-refractivity contribution in [2.24, 2.45) is 4.99 Å². The number of ketones is 1. The fourth-order valence-corrected chi connectivity index (χ4v) is 3.80. The van der Waals surface area contributed by atoms with Crippen molar-refractivity contribution in [1.82, 2.24) is 0 Å². The lowest BCUT2D eigenvalue weighted by Crippen LogP contribution is -2.04. The molecule has 166 valence electrons. The Kier molecular flexibility index (Phi) is 6.54. The number of carbonyl (C=O) groups excluding carboxylic acids is 1. The zero-order valence-electron chi connectivity index (χ0n) is 18.0. The summed E-state index contributed by atoms with van der Waals surface area (Å²) in [4.78, 5) is 16.0. The molecule has 0 bridgehead atoms. The highest BCUT2D eigenvalue weighted by Crippen LogP contribution is 2.40. The average Bonchev–Trinajstić information content (AvgIpc) is 2.76. The number of anilines is 4. The van der Waals surface area contributed by atoms with E-state index < -0.39 is 0 Å². The van der Waals surface area contributed by atoms with Gasteiger partial charge in [0.05, 0.1) is 32.8 Å².